The summed E-state index contributed by atoms with van der Waals surface area (Å²) in [7, 11) is 0. The Bertz CT molecular complexity index is 1110. The fourth-order valence-electron chi connectivity index (χ4n) is 3.87. The lowest BCUT2D eigenvalue weighted by atomic mass is 9.83. The summed E-state index contributed by atoms with van der Waals surface area (Å²) in [4.78, 5) is 13.0. The predicted molar refractivity (Wildman–Crippen MR) is 108 cm³/mol. The fourth-order valence-corrected chi connectivity index (χ4v) is 3.87. The third-order valence-electron chi connectivity index (χ3n) is 5.45. The van der Waals surface area contributed by atoms with Gasteiger partial charge in [0.05, 0.1) is 18.4 Å². The van der Waals surface area contributed by atoms with Gasteiger partial charge in [-0.2, -0.15) is 13.2 Å². The SMILES string of the molecule is C[C@@H]1CCCC(C#Cc2nc(N)c3ncn(Cc4ccc(C(F)(F)F)cc4)c3n2)C1. The van der Waals surface area contributed by atoms with Gasteiger partial charge in [-0.3, -0.25) is 0 Å². The zero-order valence-electron chi connectivity index (χ0n) is 16.6. The van der Waals surface area contributed by atoms with Crippen LogP contribution in [0.1, 0.15) is 49.6 Å². The summed E-state index contributed by atoms with van der Waals surface area (Å²) in [6, 6.07) is 5.04. The molecule has 0 radical (unpaired) electrons. The molecule has 1 fully saturated rings. The molecule has 0 bridgehead atoms. The van der Waals surface area contributed by atoms with Crippen molar-refractivity contribution in [2.45, 2.75) is 45.3 Å². The van der Waals surface area contributed by atoms with Crippen LogP contribution in [0.3, 0.4) is 0 Å². The second-order valence-corrected chi connectivity index (χ2v) is 7.91. The molecule has 1 aliphatic rings. The number of anilines is 1. The smallest absolute Gasteiger partial charge is 0.382 e. The molecule has 8 heteroatoms. The Labute approximate surface area is 172 Å². The van der Waals surface area contributed by atoms with E-state index < -0.39 is 11.7 Å². The molecule has 2 heterocycles. The molecule has 0 aliphatic heterocycles. The summed E-state index contributed by atoms with van der Waals surface area (Å²) in [6.07, 6.45) is 1.80. The Morgan fingerprint density at radius 3 is 2.63 bits per heavy atom. The summed E-state index contributed by atoms with van der Waals surface area (Å²) < 4.78 is 40.0. The van der Waals surface area contributed by atoms with Gasteiger partial charge in [-0.15, -0.1) is 0 Å². The van der Waals surface area contributed by atoms with E-state index in [4.69, 9.17) is 5.73 Å². The molecule has 0 amide bonds. The Morgan fingerprint density at radius 1 is 1.17 bits per heavy atom. The van der Waals surface area contributed by atoms with E-state index in [2.05, 4.69) is 33.7 Å². The molecular formula is C22H22F3N5. The fraction of sp³-hybridized carbons (Fsp3) is 0.409. The van der Waals surface area contributed by atoms with Crippen LogP contribution in [-0.4, -0.2) is 19.5 Å². The summed E-state index contributed by atoms with van der Waals surface area (Å²) in [6.45, 7) is 2.56. The van der Waals surface area contributed by atoms with E-state index >= 15 is 0 Å². The number of rotatable bonds is 2. The number of alkyl halides is 3. The summed E-state index contributed by atoms with van der Waals surface area (Å²) in [5.41, 5.74) is 7.04. The van der Waals surface area contributed by atoms with Gasteiger partial charge in [0.25, 0.3) is 0 Å². The minimum Gasteiger partial charge on any atom is -0.382 e. The maximum absolute atomic E-state index is 12.8. The highest BCUT2D eigenvalue weighted by atomic mass is 19.4. The molecule has 2 atom stereocenters. The van der Waals surface area contributed by atoms with Crippen LogP contribution in [0.25, 0.3) is 11.2 Å². The molecule has 156 valence electrons. The summed E-state index contributed by atoms with van der Waals surface area (Å²) in [5.74, 6) is 7.93. The second kappa shape index (κ2) is 7.98. The first-order chi connectivity index (χ1) is 14.3. The average Bonchev–Trinajstić information content (AvgIpc) is 3.09. The molecule has 0 saturated heterocycles. The summed E-state index contributed by atoms with van der Waals surface area (Å²) in [5, 5.41) is 0. The monoisotopic (exact) mass is 413 g/mol. The van der Waals surface area contributed by atoms with Crippen LogP contribution in [0.4, 0.5) is 19.0 Å². The first-order valence-corrected chi connectivity index (χ1v) is 9.95. The Balaban J connectivity index is 1.59. The quantitative estimate of drug-likeness (QED) is 0.621. The molecule has 4 rings (SSSR count). The normalized spacial score (nSPS) is 19.5. The number of benzene rings is 1. The van der Waals surface area contributed by atoms with E-state index in [9.17, 15) is 13.2 Å². The Kier molecular flexibility index (Phi) is 5.37. The van der Waals surface area contributed by atoms with Crippen molar-refractivity contribution < 1.29 is 13.2 Å². The molecule has 1 aliphatic carbocycles. The number of fused-ring (bicyclic) bond motifs is 1. The third-order valence-corrected chi connectivity index (χ3v) is 5.45. The van der Waals surface area contributed by atoms with Gasteiger partial charge in [0.2, 0.25) is 5.82 Å². The highest BCUT2D eigenvalue weighted by Crippen LogP contribution is 2.30. The van der Waals surface area contributed by atoms with Gasteiger partial charge >= 0.3 is 6.18 Å². The van der Waals surface area contributed by atoms with E-state index in [0.717, 1.165) is 25.0 Å². The van der Waals surface area contributed by atoms with E-state index in [1.54, 1.807) is 10.9 Å². The standard InChI is InChI=1S/C22H22F3N5/c1-14-3-2-4-15(11-14)7-10-18-28-20(26)19-21(29-18)30(13-27-19)12-16-5-8-17(9-6-16)22(23,24)25/h5-6,8-9,13-15H,2-4,11-12H2,1H3,(H2,26,28,29)/t14-,15?/m1/s1. The predicted octanol–water partition coefficient (Wildman–Crippen LogP) is 4.65. The zero-order chi connectivity index (χ0) is 21.3. The Hall–Kier alpha value is -3.08. The van der Waals surface area contributed by atoms with Crippen LogP contribution >= 0.6 is 0 Å². The molecule has 30 heavy (non-hydrogen) atoms. The average molecular weight is 413 g/mol. The highest BCUT2D eigenvalue weighted by molar-refractivity contribution is 5.82. The molecule has 3 aromatic rings. The van der Waals surface area contributed by atoms with Gasteiger partial charge in [0, 0.05) is 5.92 Å². The molecule has 2 aromatic heterocycles. The molecular weight excluding hydrogens is 391 g/mol. The number of halogens is 3. The minimum absolute atomic E-state index is 0.243. The molecule has 2 N–H and O–H groups in total. The third kappa shape index (κ3) is 4.40. The summed E-state index contributed by atoms with van der Waals surface area (Å²) >= 11 is 0. The van der Waals surface area contributed by atoms with E-state index in [-0.39, 0.29) is 5.82 Å². The van der Waals surface area contributed by atoms with Gasteiger partial charge in [-0.05, 0) is 42.4 Å². The molecule has 1 saturated carbocycles. The minimum atomic E-state index is -4.36. The van der Waals surface area contributed by atoms with Gasteiger partial charge in [0.1, 0.15) is 5.52 Å². The van der Waals surface area contributed by atoms with Crippen molar-refractivity contribution in [3.63, 3.8) is 0 Å². The Morgan fingerprint density at radius 2 is 1.93 bits per heavy atom. The van der Waals surface area contributed by atoms with Gasteiger partial charge in [0.15, 0.2) is 11.5 Å². The zero-order valence-corrected chi connectivity index (χ0v) is 16.6. The van der Waals surface area contributed by atoms with Crippen molar-refractivity contribution in [1.82, 2.24) is 19.5 Å². The second-order valence-electron chi connectivity index (χ2n) is 7.91. The molecule has 0 spiro atoms. The van der Waals surface area contributed by atoms with Crippen molar-refractivity contribution in [3.8, 4) is 11.8 Å². The van der Waals surface area contributed by atoms with E-state index in [1.165, 1.54) is 25.0 Å². The topological polar surface area (TPSA) is 69.6 Å². The number of hydrogen-bond acceptors (Lipinski definition) is 4. The molecule has 1 unspecified atom stereocenters. The number of nitrogens with two attached hydrogens (primary N) is 1. The number of hydrogen-bond donors (Lipinski definition) is 1. The first-order valence-electron chi connectivity index (χ1n) is 9.95. The van der Waals surface area contributed by atoms with Gasteiger partial charge in [-0.1, -0.05) is 37.8 Å². The van der Waals surface area contributed by atoms with Crippen molar-refractivity contribution >= 4 is 17.0 Å². The van der Waals surface area contributed by atoms with Crippen LogP contribution < -0.4 is 5.73 Å². The molecule has 5 nitrogen and oxygen atoms in total. The van der Waals surface area contributed by atoms with E-state index in [0.29, 0.717) is 40.9 Å². The lowest BCUT2D eigenvalue weighted by Gasteiger charge is -2.22. The maximum atomic E-state index is 12.8. The van der Waals surface area contributed by atoms with Crippen LogP contribution in [0, 0.1) is 23.7 Å². The van der Waals surface area contributed by atoms with Crippen LogP contribution in [0.5, 0.6) is 0 Å². The number of imidazole rings is 1. The van der Waals surface area contributed by atoms with Crippen LogP contribution in [-0.2, 0) is 12.7 Å². The van der Waals surface area contributed by atoms with E-state index in [1.807, 2.05) is 0 Å². The van der Waals surface area contributed by atoms with Crippen LogP contribution in [0.2, 0.25) is 0 Å². The maximum Gasteiger partial charge on any atom is 0.416 e. The number of nitrogen functional groups attached to an aromatic ring is 1. The van der Waals surface area contributed by atoms with Crippen molar-refractivity contribution in [1.29, 1.82) is 0 Å². The highest BCUT2D eigenvalue weighted by Gasteiger charge is 2.30. The number of nitrogens with zero attached hydrogens (tertiary/aromatic N) is 4. The largest absolute Gasteiger partial charge is 0.416 e. The molecule has 1 aromatic carbocycles. The van der Waals surface area contributed by atoms with Crippen molar-refractivity contribution in [3.05, 3.63) is 47.5 Å². The van der Waals surface area contributed by atoms with Crippen molar-refractivity contribution in [2.75, 3.05) is 5.73 Å². The van der Waals surface area contributed by atoms with Crippen molar-refractivity contribution in [2.24, 2.45) is 11.8 Å². The lowest BCUT2D eigenvalue weighted by Crippen LogP contribution is -2.11. The lowest BCUT2D eigenvalue weighted by molar-refractivity contribution is -0.137. The first kappa shape index (κ1) is 20.2. The van der Waals surface area contributed by atoms with Gasteiger partial charge < -0.3 is 10.3 Å². The van der Waals surface area contributed by atoms with Gasteiger partial charge in [-0.25, -0.2) is 15.0 Å². The van der Waals surface area contributed by atoms with Crippen LogP contribution in [0.15, 0.2) is 30.6 Å². The number of aromatic nitrogens is 4.